The van der Waals surface area contributed by atoms with E-state index in [2.05, 4.69) is 15.3 Å². The molecule has 13 heteroatoms. The number of nitrogen functional groups attached to an aromatic ring is 2. The van der Waals surface area contributed by atoms with Gasteiger partial charge in [-0.15, -0.1) is 0 Å². The summed E-state index contributed by atoms with van der Waals surface area (Å²) in [6.07, 6.45) is 1.16. The zero-order chi connectivity index (χ0) is 26.9. The molecule has 0 atom stereocenters. The van der Waals surface area contributed by atoms with Crippen LogP contribution in [-0.4, -0.2) is 55.7 Å². The number of fused-ring (bicyclic) bond motifs is 1. The lowest BCUT2D eigenvalue weighted by Gasteiger charge is -2.34. The minimum Gasteiger partial charge on any atom is -0.444 e. The maximum absolute atomic E-state index is 13.7. The predicted octanol–water partition coefficient (Wildman–Crippen LogP) is 3.88. The Hall–Kier alpha value is -3.31. The molecule has 0 saturated carbocycles. The van der Waals surface area contributed by atoms with E-state index >= 15 is 0 Å². The number of halogens is 2. The molecular formula is C24H30Cl2N8O3. The fraction of sp³-hybridized carbons (Fsp3) is 0.458. The van der Waals surface area contributed by atoms with Gasteiger partial charge in [-0.1, -0.05) is 29.3 Å². The Balaban J connectivity index is 1.60. The van der Waals surface area contributed by atoms with E-state index in [9.17, 15) is 9.59 Å². The molecule has 198 valence electrons. The summed E-state index contributed by atoms with van der Waals surface area (Å²) < 4.78 is 7.20. The number of piperidine rings is 1. The molecule has 5 N–H and O–H groups in total. The zero-order valence-electron chi connectivity index (χ0n) is 20.9. The van der Waals surface area contributed by atoms with Crippen molar-refractivity contribution >= 4 is 57.8 Å². The molecule has 4 rings (SSSR count). The summed E-state index contributed by atoms with van der Waals surface area (Å²) in [7, 11) is 0. The number of likely N-dealkylation sites (tertiary alicyclic amines) is 1. The number of amides is 1. The van der Waals surface area contributed by atoms with Crippen LogP contribution in [0.15, 0.2) is 23.0 Å². The van der Waals surface area contributed by atoms with Crippen molar-refractivity contribution in [2.24, 2.45) is 0 Å². The first-order chi connectivity index (χ1) is 17.4. The van der Waals surface area contributed by atoms with Crippen molar-refractivity contribution in [2.45, 2.75) is 51.7 Å². The summed E-state index contributed by atoms with van der Waals surface area (Å²) in [6.45, 7) is 6.77. The molecule has 1 aromatic carbocycles. The Labute approximate surface area is 224 Å². The average Bonchev–Trinajstić information content (AvgIpc) is 2.81. The van der Waals surface area contributed by atoms with Crippen LogP contribution in [0, 0.1) is 0 Å². The largest absolute Gasteiger partial charge is 0.444 e. The Morgan fingerprint density at radius 3 is 2.54 bits per heavy atom. The third-order valence-corrected chi connectivity index (χ3v) is 6.66. The Morgan fingerprint density at radius 2 is 1.86 bits per heavy atom. The molecular weight excluding hydrogens is 519 g/mol. The fourth-order valence-corrected chi connectivity index (χ4v) is 4.73. The van der Waals surface area contributed by atoms with Gasteiger partial charge in [0.25, 0.3) is 5.56 Å². The molecule has 1 fully saturated rings. The number of aromatic nitrogens is 4. The van der Waals surface area contributed by atoms with Crippen molar-refractivity contribution in [3.05, 3.63) is 44.4 Å². The number of nitrogens with one attached hydrogen (secondary N) is 1. The van der Waals surface area contributed by atoms with Crippen LogP contribution in [0.1, 0.15) is 45.5 Å². The molecule has 0 aliphatic carbocycles. The molecule has 3 aromatic rings. The van der Waals surface area contributed by atoms with Gasteiger partial charge in [0.2, 0.25) is 5.95 Å². The number of ether oxygens (including phenoxy) is 1. The molecule has 0 bridgehead atoms. The summed E-state index contributed by atoms with van der Waals surface area (Å²) in [5.41, 5.74) is 11.2. The summed E-state index contributed by atoms with van der Waals surface area (Å²) in [5, 5.41) is 3.98. The molecule has 0 radical (unpaired) electrons. The molecule has 0 unspecified atom stereocenters. The molecule has 1 amide bonds. The minimum atomic E-state index is -0.577. The maximum Gasteiger partial charge on any atom is 0.410 e. The van der Waals surface area contributed by atoms with Crippen molar-refractivity contribution < 1.29 is 9.53 Å². The van der Waals surface area contributed by atoms with Crippen molar-refractivity contribution in [3.8, 4) is 0 Å². The van der Waals surface area contributed by atoms with Gasteiger partial charge in [0.15, 0.2) is 5.82 Å². The highest BCUT2D eigenvalue weighted by Gasteiger charge is 2.29. The monoisotopic (exact) mass is 548 g/mol. The van der Waals surface area contributed by atoms with E-state index < -0.39 is 5.60 Å². The van der Waals surface area contributed by atoms with Crippen LogP contribution in [0.25, 0.3) is 10.9 Å². The quantitative estimate of drug-likeness (QED) is 0.430. The van der Waals surface area contributed by atoms with Crippen LogP contribution >= 0.6 is 23.2 Å². The third kappa shape index (κ3) is 5.99. The van der Waals surface area contributed by atoms with Gasteiger partial charge in [-0.25, -0.2) is 9.78 Å². The number of carbonyl (C=O) groups is 1. The van der Waals surface area contributed by atoms with Gasteiger partial charge in [0.1, 0.15) is 22.3 Å². The molecule has 1 saturated heterocycles. The van der Waals surface area contributed by atoms with Gasteiger partial charge in [-0.3, -0.25) is 9.36 Å². The van der Waals surface area contributed by atoms with E-state index in [1.165, 1.54) is 0 Å². The van der Waals surface area contributed by atoms with Crippen LogP contribution in [0.3, 0.4) is 0 Å². The van der Waals surface area contributed by atoms with Crippen LogP contribution in [-0.2, 0) is 11.2 Å². The first-order valence-electron chi connectivity index (χ1n) is 11.9. The number of hydrogen-bond acceptors (Lipinski definition) is 9. The Bertz CT molecular complexity index is 1380. The second-order valence-corrected chi connectivity index (χ2v) is 10.6. The molecule has 0 spiro atoms. The topological polar surface area (TPSA) is 154 Å². The van der Waals surface area contributed by atoms with E-state index in [1.54, 1.807) is 27.7 Å². The summed E-state index contributed by atoms with van der Waals surface area (Å²) in [4.78, 5) is 40.6. The average molecular weight is 549 g/mol. The smallest absolute Gasteiger partial charge is 0.410 e. The van der Waals surface area contributed by atoms with E-state index in [0.717, 1.165) is 0 Å². The fourth-order valence-electron chi connectivity index (χ4n) is 4.33. The Kier molecular flexibility index (Phi) is 7.65. The highest BCUT2D eigenvalue weighted by Crippen LogP contribution is 2.28. The lowest BCUT2D eigenvalue weighted by Crippen LogP contribution is -2.44. The number of nitrogens with zero attached hydrogens (tertiary/aromatic N) is 5. The SMILES string of the molecule is CC(C)(C)OC(=O)N1CCC(n2c(CCNc3nc(N)nc(N)c3Cl)nc3cccc(Cl)c3c2=O)CC1. The second-order valence-electron chi connectivity index (χ2n) is 9.84. The van der Waals surface area contributed by atoms with Crippen LogP contribution < -0.4 is 22.3 Å². The van der Waals surface area contributed by atoms with Gasteiger partial charge in [-0.05, 0) is 45.7 Å². The molecule has 2 aromatic heterocycles. The van der Waals surface area contributed by atoms with Crippen molar-refractivity contribution in [2.75, 3.05) is 36.4 Å². The van der Waals surface area contributed by atoms with Crippen LogP contribution in [0.2, 0.25) is 10.0 Å². The lowest BCUT2D eigenvalue weighted by molar-refractivity contribution is 0.0186. The predicted molar refractivity (Wildman–Crippen MR) is 145 cm³/mol. The number of benzene rings is 1. The van der Waals surface area contributed by atoms with E-state index in [-0.39, 0.29) is 34.5 Å². The summed E-state index contributed by atoms with van der Waals surface area (Å²) in [6, 6.07) is 5.03. The number of anilines is 3. The number of carbonyl (C=O) groups excluding carboxylic acids is 1. The standard InChI is InChI=1S/C24H30Cl2N8O3/c1-24(2,3)37-23(36)33-11-8-13(9-12-33)34-16(30-15-6-4-5-14(25)17(15)21(34)35)7-10-29-20-18(26)19(27)31-22(28)32-20/h4-6,13H,7-12H2,1-3H3,(H5,27,28,29,31,32). The first kappa shape index (κ1) is 26.7. The highest BCUT2D eigenvalue weighted by atomic mass is 35.5. The van der Waals surface area contributed by atoms with E-state index in [1.807, 2.05) is 20.8 Å². The third-order valence-electron chi connectivity index (χ3n) is 5.97. The van der Waals surface area contributed by atoms with Gasteiger partial charge >= 0.3 is 6.09 Å². The number of hydrogen-bond donors (Lipinski definition) is 3. The summed E-state index contributed by atoms with van der Waals surface area (Å²) >= 11 is 12.6. The molecule has 1 aliphatic heterocycles. The van der Waals surface area contributed by atoms with Crippen molar-refractivity contribution in [1.29, 1.82) is 0 Å². The highest BCUT2D eigenvalue weighted by molar-refractivity contribution is 6.35. The van der Waals surface area contributed by atoms with Gasteiger partial charge < -0.3 is 26.4 Å². The zero-order valence-corrected chi connectivity index (χ0v) is 22.4. The lowest BCUT2D eigenvalue weighted by atomic mass is 10.0. The summed E-state index contributed by atoms with van der Waals surface area (Å²) in [5.74, 6) is 0.949. The van der Waals surface area contributed by atoms with E-state index in [4.69, 9.17) is 44.4 Å². The van der Waals surface area contributed by atoms with Crippen molar-refractivity contribution in [3.63, 3.8) is 0 Å². The molecule has 1 aliphatic rings. The molecule has 37 heavy (non-hydrogen) atoms. The van der Waals surface area contributed by atoms with Crippen LogP contribution in [0.4, 0.5) is 22.4 Å². The Morgan fingerprint density at radius 1 is 1.16 bits per heavy atom. The molecule has 3 heterocycles. The van der Waals surface area contributed by atoms with Gasteiger partial charge in [0, 0.05) is 32.1 Å². The van der Waals surface area contributed by atoms with Gasteiger partial charge in [0.05, 0.1) is 15.9 Å². The normalized spacial score (nSPS) is 14.7. The number of nitrogens with two attached hydrogens (primary N) is 2. The van der Waals surface area contributed by atoms with Gasteiger partial charge in [-0.2, -0.15) is 9.97 Å². The first-order valence-corrected chi connectivity index (χ1v) is 12.7. The molecule has 11 nitrogen and oxygen atoms in total. The van der Waals surface area contributed by atoms with Crippen molar-refractivity contribution in [1.82, 2.24) is 24.4 Å². The number of rotatable bonds is 5. The minimum absolute atomic E-state index is 0.00322. The van der Waals surface area contributed by atoms with E-state index in [0.29, 0.717) is 66.5 Å². The van der Waals surface area contributed by atoms with Crippen LogP contribution in [0.5, 0.6) is 0 Å². The maximum atomic E-state index is 13.7. The second kappa shape index (κ2) is 10.6.